The average Bonchev–Trinajstić information content (AvgIpc) is 3.21. The Hall–Kier alpha value is -4.05. The molecule has 1 aromatic heterocycles. The lowest BCUT2D eigenvalue weighted by atomic mass is 10.00. The lowest BCUT2D eigenvalue weighted by Crippen LogP contribution is -1.99. The first kappa shape index (κ1) is 18.3. The molecule has 2 heterocycles. The number of H-pyrrole nitrogens is 1. The molecule has 0 radical (unpaired) electrons. The van der Waals surface area contributed by atoms with Crippen molar-refractivity contribution in [2.24, 2.45) is 4.99 Å². The van der Waals surface area contributed by atoms with E-state index in [1.54, 1.807) is 30.3 Å². The number of carbonyl (C=O) groups excluding carboxylic acids is 1. The maximum Gasteiger partial charge on any atom is 0.295 e. The van der Waals surface area contributed by atoms with Crippen molar-refractivity contribution in [3.05, 3.63) is 84.4 Å². The number of amides is 1. The van der Waals surface area contributed by atoms with Crippen LogP contribution in [0.4, 0.5) is 11.4 Å². The minimum Gasteiger partial charge on any atom is -0.494 e. The average molecular weight is 413 g/mol. The van der Waals surface area contributed by atoms with E-state index in [1.807, 2.05) is 0 Å². The van der Waals surface area contributed by atoms with Crippen molar-refractivity contribution >= 4 is 34.6 Å². The number of nitrogens with one attached hydrogen (secondary N) is 1. The first-order valence-electron chi connectivity index (χ1n) is 8.06. The van der Waals surface area contributed by atoms with Crippen LogP contribution in [0.25, 0.3) is 11.3 Å². The molecule has 2 aromatic carbocycles. The molecule has 0 saturated carbocycles. The van der Waals surface area contributed by atoms with Crippen molar-refractivity contribution in [2.75, 3.05) is 0 Å². The van der Waals surface area contributed by atoms with Gasteiger partial charge in [0.25, 0.3) is 17.3 Å². The van der Waals surface area contributed by atoms with Gasteiger partial charge in [0, 0.05) is 23.3 Å². The van der Waals surface area contributed by atoms with E-state index in [4.69, 9.17) is 11.6 Å². The highest BCUT2D eigenvalue weighted by Gasteiger charge is 2.35. The van der Waals surface area contributed by atoms with Gasteiger partial charge in [-0.1, -0.05) is 41.9 Å². The third kappa shape index (κ3) is 2.82. The van der Waals surface area contributed by atoms with Gasteiger partial charge in [0.05, 0.1) is 32.4 Å². The first-order chi connectivity index (χ1) is 13.8. The van der Waals surface area contributed by atoms with Crippen molar-refractivity contribution in [3.8, 4) is 17.1 Å². The Balaban J connectivity index is 1.95. The van der Waals surface area contributed by atoms with E-state index in [0.29, 0.717) is 5.56 Å². The fourth-order valence-electron chi connectivity index (χ4n) is 3.17. The van der Waals surface area contributed by atoms with Crippen LogP contribution in [0.1, 0.15) is 21.5 Å². The summed E-state index contributed by atoms with van der Waals surface area (Å²) in [4.78, 5) is 39.9. The number of fused-ring (bicyclic) bond motifs is 1. The van der Waals surface area contributed by atoms with Crippen molar-refractivity contribution in [1.82, 2.24) is 4.98 Å². The summed E-state index contributed by atoms with van der Waals surface area (Å²) >= 11 is 5.78. The molecule has 29 heavy (non-hydrogen) atoms. The summed E-state index contributed by atoms with van der Waals surface area (Å²) in [7, 11) is 0. The Morgan fingerprint density at radius 2 is 1.55 bits per heavy atom. The van der Waals surface area contributed by atoms with Crippen LogP contribution < -0.4 is 0 Å². The summed E-state index contributed by atoms with van der Waals surface area (Å²) in [5, 5.41) is 32.3. The zero-order chi connectivity index (χ0) is 20.9. The molecule has 0 spiro atoms. The summed E-state index contributed by atoms with van der Waals surface area (Å²) in [6.45, 7) is 0. The number of nitrogens with zero attached hydrogens (tertiary/aromatic N) is 3. The van der Waals surface area contributed by atoms with E-state index < -0.39 is 32.2 Å². The number of aromatic nitrogens is 1. The first-order valence-corrected chi connectivity index (χ1v) is 8.43. The van der Waals surface area contributed by atoms with Gasteiger partial charge in [0.2, 0.25) is 0 Å². The van der Waals surface area contributed by atoms with E-state index in [1.165, 1.54) is 0 Å². The lowest BCUT2D eigenvalue weighted by Gasteiger charge is -2.03. The van der Waals surface area contributed by atoms with Crippen LogP contribution in [-0.2, 0) is 0 Å². The monoisotopic (exact) mass is 412 g/mol. The molecule has 0 saturated heterocycles. The normalized spacial score (nSPS) is 12.6. The number of benzene rings is 2. The predicted molar refractivity (Wildman–Crippen MR) is 103 cm³/mol. The van der Waals surface area contributed by atoms with Crippen LogP contribution in [0.3, 0.4) is 0 Å². The van der Waals surface area contributed by atoms with E-state index in [2.05, 4.69) is 9.98 Å². The van der Waals surface area contributed by atoms with Gasteiger partial charge in [0.1, 0.15) is 0 Å². The molecule has 1 amide bonds. The summed E-state index contributed by atoms with van der Waals surface area (Å²) in [5.74, 6) is -1.07. The second kappa shape index (κ2) is 6.53. The number of hydrogen-bond acceptors (Lipinski definition) is 6. The zero-order valence-electron chi connectivity index (χ0n) is 14.2. The van der Waals surface area contributed by atoms with Crippen LogP contribution >= 0.6 is 11.6 Å². The summed E-state index contributed by atoms with van der Waals surface area (Å²) in [5.41, 5.74) is -0.593. The maximum atomic E-state index is 12.5. The smallest absolute Gasteiger partial charge is 0.295 e. The molecule has 1 aliphatic rings. The number of nitro groups is 2. The van der Waals surface area contributed by atoms with Crippen LogP contribution in [0.2, 0.25) is 5.02 Å². The Kier molecular flexibility index (Phi) is 4.13. The quantitative estimate of drug-likeness (QED) is 0.490. The van der Waals surface area contributed by atoms with Crippen LogP contribution in [0, 0.1) is 20.2 Å². The lowest BCUT2D eigenvalue weighted by molar-refractivity contribution is -0.393. The van der Waals surface area contributed by atoms with E-state index in [0.717, 1.165) is 12.1 Å². The predicted octanol–water partition coefficient (Wildman–Crippen LogP) is 3.85. The van der Waals surface area contributed by atoms with Crippen LogP contribution in [-0.4, -0.2) is 31.6 Å². The number of aliphatic imine (C=N–C) groups is 1. The number of halogens is 1. The highest BCUT2D eigenvalue weighted by Crippen LogP contribution is 2.42. The topological polar surface area (TPSA) is 152 Å². The number of hydrogen-bond donors (Lipinski definition) is 2. The van der Waals surface area contributed by atoms with E-state index >= 15 is 0 Å². The third-order valence-corrected chi connectivity index (χ3v) is 4.79. The van der Waals surface area contributed by atoms with Crippen LogP contribution in [0.15, 0.2) is 47.5 Å². The number of rotatable bonds is 4. The standard InChI is InChI=1S/C18H9ClN4O6/c19-14-10(22(26)27)6-9(7-11(14)23(28)29)16-13-12(17(24)21-16)15(20-18(13)25)8-4-2-1-3-5-8/h1-7,21,24H. The highest BCUT2D eigenvalue weighted by atomic mass is 35.5. The van der Waals surface area contributed by atoms with Gasteiger partial charge in [-0.05, 0) is 0 Å². The Morgan fingerprint density at radius 1 is 0.966 bits per heavy atom. The summed E-state index contributed by atoms with van der Waals surface area (Å²) in [6, 6.07) is 10.6. The van der Waals surface area contributed by atoms with Crippen molar-refractivity contribution in [3.63, 3.8) is 0 Å². The molecule has 10 nitrogen and oxygen atoms in total. The second-order valence-corrected chi connectivity index (χ2v) is 6.45. The molecular formula is C18H9ClN4O6. The molecule has 0 bridgehead atoms. The Morgan fingerprint density at radius 3 is 2.10 bits per heavy atom. The van der Waals surface area contributed by atoms with Gasteiger partial charge in [-0.2, -0.15) is 0 Å². The fourth-order valence-corrected chi connectivity index (χ4v) is 3.42. The number of aromatic hydroxyl groups is 1. The molecule has 0 fully saturated rings. The Bertz CT molecular complexity index is 1210. The largest absolute Gasteiger partial charge is 0.494 e. The number of carbonyl (C=O) groups is 1. The second-order valence-electron chi connectivity index (χ2n) is 6.07. The molecule has 0 unspecified atom stereocenters. The molecule has 1 aliphatic heterocycles. The van der Waals surface area contributed by atoms with Gasteiger partial charge >= 0.3 is 0 Å². The van der Waals surface area contributed by atoms with Gasteiger partial charge in [-0.15, -0.1) is 0 Å². The number of aromatic amines is 1. The van der Waals surface area contributed by atoms with Crippen molar-refractivity contribution in [1.29, 1.82) is 0 Å². The van der Waals surface area contributed by atoms with E-state index in [9.17, 15) is 30.1 Å². The van der Waals surface area contributed by atoms with Gasteiger partial charge in [-0.3, -0.25) is 25.0 Å². The SMILES string of the molecule is O=C1N=C(c2ccccc2)c2c(O)[nH]c(-c3cc([N+](=O)[O-])c(Cl)c([N+](=O)[O-])c3)c21. The molecule has 3 aromatic rings. The minimum atomic E-state index is -0.865. The van der Waals surface area contributed by atoms with Crippen molar-refractivity contribution in [2.45, 2.75) is 0 Å². The zero-order valence-corrected chi connectivity index (χ0v) is 15.0. The van der Waals surface area contributed by atoms with Crippen LogP contribution in [0.5, 0.6) is 5.88 Å². The summed E-state index contributed by atoms with van der Waals surface area (Å²) < 4.78 is 0. The minimum absolute atomic E-state index is 0.0277. The van der Waals surface area contributed by atoms with E-state index in [-0.39, 0.29) is 34.0 Å². The molecule has 0 atom stereocenters. The Labute approximate surface area is 166 Å². The fraction of sp³-hybridized carbons (Fsp3) is 0. The molecule has 4 rings (SSSR count). The molecular weight excluding hydrogens is 404 g/mol. The molecule has 11 heteroatoms. The molecule has 2 N–H and O–H groups in total. The number of nitro benzene ring substituents is 2. The third-order valence-electron chi connectivity index (χ3n) is 4.41. The highest BCUT2D eigenvalue weighted by molar-refractivity contribution is 6.35. The summed E-state index contributed by atoms with van der Waals surface area (Å²) in [6.07, 6.45) is 0. The molecule has 144 valence electrons. The maximum absolute atomic E-state index is 12.5. The van der Waals surface area contributed by atoms with Gasteiger partial charge < -0.3 is 10.1 Å². The molecule has 0 aliphatic carbocycles. The van der Waals surface area contributed by atoms with Gasteiger partial charge in [0.15, 0.2) is 10.9 Å². The van der Waals surface area contributed by atoms with Crippen molar-refractivity contribution < 1.29 is 19.7 Å². The van der Waals surface area contributed by atoms with Gasteiger partial charge in [-0.25, -0.2) is 4.99 Å².